The van der Waals surface area contributed by atoms with Crippen molar-refractivity contribution in [3.05, 3.63) is 11.3 Å². The molecule has 1 saturated heterocycles. The number of hydrogen-bond donors (Lipinski definition) is 1. The molecule has 0 aliphatic carbocycles. The van der Waals surface area contributed by atoms with Gasteiger partial charge in [0.25, 0.3) is 0 Å². The van der Waals surface area contributed by atoms with Gasteiger partial charge in [-0.15, -0.1) is 0 Å². The number of rotatable bonds is 5. The third kappa shape index (κ3) is 3.78. The van der Waals surface area contributed by atoms with Crippen LogP contribution in [0.5, 0.6) is 0 Å². The Labute approximate surface area is 111 Å². The summed E-state index contributed by atoms with van der Waals surface area (Å²) in [5, 5.41) is 9.14. The lowest BCUT2D eigenvalue weighted by atomic mass is 10.1. The van der Waals surface area contributed by atoms with E-state index in [-0.39, 0.29) is 17.7 Å². The highest BCUT2D eigenvalue weighted by atomic mass is 16.5. The summed E-state index contributed by atoms with van der Waals surface area (Å²) in [5.41, 5.74) is -0.235. The maximum atomic E-state index is 11.8. The molecule has 0 spiro atoms. The van der Waals surface area contributed by atoms with Gasteiger partial charge in [-0.2, -0.15) is 0 Å². The van der Waals surface area contributed by atoms with Gasteiger partial charge in [-0.3, -0.25) is 0 Å². The number of methoxy groups -OCH3 is 1. The Morgan fingerprint density at radius 3 is 2.26 bits per heavy atom. The number of nitrogens with zero attached hydrogens (tertiary/aromatic N) is 2. The molecule has 0 saturated carbocycles. The molecule has 0 amide bonds. The van der Waals surface area contributed by atoms with E-state index in [2.05, 4.69) is 9.64 Å². The van der Waals surface area contributed by atoms with E-state index < -0.39 is 11.9 Å². The summed E-state index contributed by atoms with van der Waals surface area (Å²) in [4.78, 5) is 37.3. The predicted octanol–water partition coefficient (Wildman–Crippen LogP) is -0.665. The van der Waals surface area contributed by atoms with E-state index in [0.717, 1.165) is 0 Å². The monoisotopic (exact) mass is 270 g/mol. The van der Waals surface area contributed by atoms with Crippen molar-refractivity contribution in [2.45, 2.75) is 6.42 Å². The van der Waals surface area contributed by atoms with E-state index in [0.29, 0.717) is 32.5 Å². The Bertz CT molecular complexity index is 397. The number of carbonyl (C=O) groups is 3. The summed E-state index contributed by atoms with van der Waals surface area (Å²) in [7, 11) is 3.14. The second-order valence-electron chi connectivity index (χ2n) is 4.29. The lowest BCUT2D eigenvalue weighted by Crippen LogP contribution is -2.46. The number of aldehydes is 1. The van der Waals surface area contributed by atoms with E-state index in [1.54, 1.807) is 4.90 Å². The Kier molecular flexibility index (Phi) is 5.50. The van der Waals surface area contributed by atoms with E-state index in [1.807, 2.05) is 7.05 Å². The van der Waals surface area contributed by atoms with Crippen molar-refractivity contribution >= 4 is 18.2 Å². The van der Waals surface area contributed by atoms with E-state index >= 15 is 0 Å². The highest BCUT2D eigenvalue weighted by molar-refractivity contribution is 6.00. The molecule has 0 atom stereocenters. The Morgan fingerprint density at radius 2 is 1.84 bits per heavy atom. The van der Waals surface area contributed by atoms with Crippen LogP contribution >= 0.6 is 0 Å². The molecule has 0 unspecified atom stereocenters. The van der Waals surface area contributed by atoms with Gasteiger partial charge in [0.15, 0.2) is 0 Å². The van der Waals surface area contributed by atoms with Crippen molar-refractivity contribution in [1.29, 1.82) is 0 Å². The number of esters is 1. The first-order valence-electron chi connectivity index (χ1n) is 5.93. The van der Waals surface area contributed by atoms with Crippen molar-refractivity contribution in [2.75, 3.05) is 40.3 Å². The lowest BCUT2D eigenvalue weighted by Gasteiger charge is -2.35. The van der Waals surface area contributed by atoms with Crippen molar-refractivity contribution in [3.8, 4) is 0 Å². The minimum atomic E-state index is -1.27. The summed E-state index contributed by atoms with van der Waals surface area (Å²) in [5.74, 6) is -1.99. The van der Waals surface area contributed by atoms with Gasteiger partial charge in [0.1, 0.15) is 12.0 Å². The van der Waals surface area contributed by atoms with Gasteiger partial charge in [0.2, 0.25) is 0 Å². The molecule has 1 heterocycles. The first kappa shape index (κ1) is 15.2. The highest BCUT2D eigenvalue weighted by Gasteiger charge is 2.28. The van der Waals surface area contributed by atoms with E-state index in [9.17, 15) is 14.4 Å². The van der Waals surface area contributed by atoms with Crippen LogP contribution in [0.4, 0.5) is 0 Å². The average molecular weight is 270 g/mol. The molecule has 0 radical (unpaired) electrons. The molecule has 7 heteroatoms. The highest BCUT2D eigenvalue weighted by Crippen LogP contribution is 2.17. The molecular weight excluding hydrogens is 252 g/mol. The van der Waals surface area contributed by atoms with Gasteiger partial charge >= 0.3 is 11.9 Å². The third-order valence-corrected chi connectivity index (χ3v) is 3.03. The first-order chi connectivity index (χ1) is 9.01. The number of ether oxygens (including phenoxy) is 1. The molecule has 1 aliphatic heterocycles. The van der Waals surface area contributed by atoms with Gasteiger partial charge in [0, 0.05) is 32.6 Å². The molecule has 7 nitrogen and oxygen atoms in total. The van der Waals surface area contributed by atoms with Crippen LogP contribution in [0.2, 0.25) is 0 Å². The average Bonchev–Trinajstić information content (AvgIpc) is 2.39. The minimum absolute atomic E-state index is 0.0183. The van der Waals surface area contributed by atoms with Crippen molar-refractivity contribution < 1.29 is 24.2 Å². The molecule has 1 N–H and O–H groups in total. The standard InChI is InChI=1S/C12H18N2O5/c1-13-4-6-14(7-5-13)10(12(18)19-2)9(3-8-15)11(16)17/h8H,3-7H2,1-2H3,(H,16,17)/b10-9+. The molecular formula is C12H18N2O5. The van der Waals surface area contributed by atoms with E-state index in [1.165, 1.54) is 7.11 Å². The van der Waals surface area contributed by atoms with Crippen molar-refractivity contribution in [2.24, 2.45) is 0 Å². The van der Waals surface area contributed by atoms with Crippen LogP contribution in [-0.2, 0) is 19.1 Å². The molecule has 1 rings (SSSR count). The van der Waals surface area contributed by atoms with Crippen LogP contribution in [0.15, 0.2) is 11.3 Å². The largest absolute Gasteiger partial charge is 0.478 e. The van der Waals surface area contributed by atoms with Gasteiger partial charge in [-0.25, -0.2) is 9.59 Å². The zero-order chi connectivity index (χ0) is 14.4. The summed E-state index contributed by atoms with van der Waals surface area (Å²) >= 11 is 0. The zero-order valence-corrected chi connectivity index (χ0v) is 11.1. The normalized spacial score (nSPS) is 17.7. The van der Waals surface area contributed by atoms with E-state index in [4.69, 9.17) is 5.11 Å². The predicted molar refractivity (Wildman–Crippen MR) is 66.4 cm³/mol. The second-order valence-corrected chi connectivity index (χ2v) is 4.29. The summed E-state index contributed by atoms with van der Waals surface area (Å²) in [6, 6.07) is 0. The third-order valence-electron chi connectivity index (χ3n) is 3.03. The minimum Gasteiger partial charge on any atom is -0.478 e. The maximum Gasteiger partial charge on any atom is 0.354 e. The Hall–Kier alpha value is -1.89. The van der Waals surface area contributed by atoms with Crippen LogP contribution in [0.3, 0.4) is 0 Å². The molecule has 0 aromatic rings. The molecule has 1 aliphatic rings. The summed E-state index contributed by atoms with van der Waals surface area (Å²) < 4.78 is 4.64. The molecule has 0 aromatic heterocycles. The number of carboxylic acids is 1. The quantitative estimate of drug-likeness (QED) is 0.403. The van der Waals surface area contributed by atoms with Gasteiger partial charge < -0.3 is 24.4 Å². The van der Waals surface area contributed by atoms with Gasteiger partial charge in [0.05, 0.1) is 12.7 Å². The number of aliphatic carboxylic acids is 1. The fourth-order valence-electron chi connectivity index (χ4n) is 1.94. The van der Waals surface area contributed by atoms with Crippen molar-refractivity contribution in [3.63, 3.8) is 0 Å². The lowest BCUT2D eigenvalue weighted by molar-refractivity contribution is -0.140. The van der Waals surface area contributed by atoms with Crippen LogP contribution < -0.4 is 0 Å². The topological polar surface area (TPSA) is 87.1 Å². The number of likely N-dealkylation sites (N-methyl/N-ethyl adjacent to an activating group) is 1. The van der Waals surface area contributed by atoms with Crippen LogP contribution in [0, 0.1) is 0 Å². The number of piperazine rings is 1. The molecule has 0 bridgehead atoms. The fourth-order valence-corrected chi connectivity index (χ4v) is 1.94. The number of carbonyl (C=O) groups excluding carboxylic acids is 2. The second kappa shape index (κ2) is 6.89. The van der Waals surface area contributed by atoms with Gasteiger partial charge in [-0.1, -0.05) is 0 Å². The van der Waals surface area contributed by atoms with Crippen LogP contribution in [0.25, 0.3) is 0 Å². The summed E-state index contributed by atoms with van der Waals surface area (Å²) in [6.07, 6.45) is 0.161. The van der Waals surface area contributed by atoms with Crippen molar-refractivity contribution in [1.82, 2.24) is 9.80 Å². The fraction of sp³-hybridized carbons (Fsp3) is 0.583. The SMILES string of the molecule is COC(=O)/C(=C(/CC=O)C(=O)O)N1CCN(C)CC1. The molecule has 1 fully saturated rings. The molecule has 0 aromatic carbocycles. The maximum absolute atomic E-state index is 11.8. The smallest absolute Gasteiger partial charge is 0.354 e. The molecule has 106 valence electrons. The van der Waals surface area contributed by atoms with Crippen LogP contribution in [-0.4, -0.2) is 73.5 Å². The van der Waals surface area contributed by atoms with Crippen LogP contribution in [0.1, 0.15) is 6.42 Å². The Balaban J connectivity index is 3.11. The Morgan fingerprint density at radius 1 is 1.26 bits per heavy atom. The van der Waals surface area contributed by atoms with Gasteiger partial charge in [-0.05, 0) is 7.05 Å². The molecule has 19 heavy (non-hydrogen) atoms. The summed E-state index contributed by atoms with van der Waals surface area (Å²) in [6.45, 7) is 2.48. The number of hydrogen-bond acceptors (Lipinski definition) is 6. The number of carboxylic acid groups (broad SMARTS) is 1. The first-order valence-corrected chi connectivity index (χ1v) is 5.93. The zero-order valence-electron chi connectivity index (χ0n) is 11.1.